The van der Waals surface area contributed by atoms with Gasteiger partial charge in [-0.05, 0) is 68.1 Å². The predicted octanol–water partition coefficient (Wildman–Crippen LogP) is 12.4. The van der Waals surface area contributed by atoms with Crippen LogP contribution in [-0.4, -0.2) is 19.3 Å². The first-order valence-corrected chi connectivity index (χ1v) is 20.3. The van der Waals surface area contributed by atoms with Crippen LogP contribution in [0.3, 0.4) is 0 Å². The van der Waals surface area contributed by atoms with Gasteiger partial charge >= 0.3 is 0 Å². The average Bonchev–Trinajstić information content (AvgIpc) is 3.43. The Morgan fingerprint density at radius 2 is 0.762 bits per heavy atom. The second kappa shape index (κ2) is 24.2. The van der Waals surface area contributed by atoms with Gasteiger partial charge in [-0.25, -0.2) is 0 Å². The first-order valence-electron chi connectivity index (χ1n) is 20.3. The van der Waals surface area contributed by atoms with Gasteiger partial charge in [0, 0.05) is 13.1 Å². The third kappa shape index (κ3) is 15.8. The SMILES string of the molecule is CCCCCCCCCCCCCCC1CNC(C2CCC3CC(CCCCCCCCCCCCC)CC3C2)NC1. The quantitative estimate of drug-likeness (QED) is 0.0985. The largest absolute Gasteiger partial charge is 0.301 e. The monoisotopic (exact) mass is 587 g/mol. The average molecular weight is 587 g/mol. The topological polar surface area (TPSA) is 24.1 Å². The van der Waals surface area contributed by atoms with Gasteiger partial charge in [0.1, 0.15) is 0 Å². The van der Waals surface area contributed by atoms with Crippen molar-refractivity contribution in [2.24, 2.45) is 29.6 Å². The molecule has 248 valence electrons. The highest BCUT2D eigenvalue weighted by molar-refractivity contribution is 4.93. The Morgan fingerprint density at radius 1 is 0.381 bits per heavy atom. The van der Waals surface area contributed by atoms with Crippen molar-refractivity contribution in [1.82, 2.24) is 10.6 Å². The predicted molar refractivity (Wildman–Crippen MR) is 187 cm³/mol. The van der Waals surface area contributed by atoms with Gasteiger partial charge in [-0.15, -0.1) is 0 Å². The molecule has 2 saturated carbocycles. The maximum absolute atomic E-state index is 3.99. The number of fused-ring (bicyclic) bond motifs is 1. The Morgan fingerprint density at radius 3 is 1.24 bits per heavy atom. The van der Waals surface area contributed by atoms with Crippen molar-refractivity contribution in [2.75, 3.05) is 13.1 Å². The van der Waals surface area contributed by atoms with Crippen molar-refractivity contribution >= 4 is 0 Å². The lowest BCUT2D eigenvalue weighted by atomic mass is 9.74. The van der Waals surface area contributed by atoms with Gasteiger partial charge in [-0.2, -0.15) is 0 Å². The molecule has 1 saturated heterocycles. The zero-order valence-electron chi connectivity index (χ0n) is 29.1. The van der Waals surface area contributed by atoms with Crippen LogP contribution in [0.2, 0.25) is 0 Å². The summed E-state index contributed by atoms with van der Waals surface area (Å²) in [6.07, 6.45) is 44.9. The van der Waals surface area contributed by atoms with Crippen LogP contribution in [0, 0.1) is 29.6 Å². The summed E-state index contributed by atoms with van der Waals surface area (Å²) in [6, 6.07) is 0. The molecule has 1 heterocycles. The van der Waals surface area contributed by atoms with E-state index in [0.29, 0.717) is 6.17 Å². The minimum Gasteiger partial charge on any atom is -0.301 e. The van der Waals surface area contributed by atoms with Gasteiger partial charge in [0.2, 0.25) is 0 Å². The minimum absolute atomic E-state index is 0.606. The summed E-state index contributed by atoms with van der Waals surface area (Å²) in [4.78, 5) is 0. The van der Waals surface area contributed by atoms with Crippen molar-refractivity contribution in [2.45, 2.75) is 213 Å². The van der Waals surface area contributed by atoms with E-state index in [1.807, 2.05) is 0 Å². The Bertz CT molecular complexity index is 596. The van der Waals surface area contributed by atoms with E-state index >= 15 is 0 Å². The van der Waals surface area contributed by atoms with Crippen LogP contribution in [0.15, 0.2) is 0 Å². The zero-order valence-corrected chi connectivity index (χ0v) is 29.1. The first kappa shape index (κ1) is 36.4. The van der Waals surface area contributed by atoms with Crippen LogP contribution in [0.1, 0.15) is 206 Å². The van der Waals surface area contributed by atoms with Gasteiger partial charge in [-0.1, -0.05) is 168 Å². The van der Waals surface area contributed by atoms with E-state index in [1.54, 1.807) is 12.8 Å². The fraction of sp³-hybridized carbons (Fsp3) is 1.00. The molecule has 2 heteroatoms. The van der Waals surface area contributed by atoms with Crippen molar-refractivity contribution in [3.63, 3.8) is 0 Å². The molecule has 0 bridgehead atoms. The molecule has 1 aliphatic heterocycles. The lowest BCUT2D eigenvalue weighted by Crippen LogP contribution is -2.57. The van der Waals surface area contributed by atoms with Gasteiger partial charge in [0.25, 0.3) is 0 Å². The molecule has 4 unspecified atom stereocenters. The molecule has 3 aliphatic rings. The summed E-state index contributed by atoms with van der Waals surface area (Å²) in [5.41, 5.74) is 0. The fourth-order valence-corrected chi connectivity index (χ4v) is 9.09. The number of hydrogen-bond donors (Lipinski definition) is 2. The van der Waals surface area contributed by atoms with E-state index in [9.17, 15) is 0 Å². The third-order valence-corrected chi connectivity index (χ3v) is 11.9. The Labute approximate surface area is 265 Å². The normalized spacial score (nSPS) is 27.9. The molecule has 3 fully saturated rings. The van der Waals surface area contributed by atoms with Crippen molar-refractivity contribution < 1.29 is 0 Å². The Hall–Kier alpha value is -0.0800. The lowest BCUT2D eigenvalue weighted by molar-refractivity contribution is 0.131. The standard InChI is InChI=1S/C40H78N2/c1-3-5-7-9-11-13-15-17-19-21-23-25-27-36-33-41-40(42-34-36)38-29-28-37-30-35(31-39(37)32-38)26-24-22-20-18-16-14-12-10-8-6-4-2/h35-42H,3-34H2,1-2H3. The molecule has 42 heavy (non-hydrogen) atoms. The number of nitrogens with one attached hydrogen (secondary N) is 2. The molecule has 0 aromatic rings. The van der Waals surface area contributed by atoms with Crippen LogP contribution in [0.4, 0.5) is 0 Å². The van der Waals surface area contributed by atoms with Crippen LogP contribution < -0.4 is 10.6 Å². The maximum Gasteiger partial charge on any atom is 0.0601 e. The molecule has 0 aromatic carbocycles. The van der Waals surface area contributed by atoms with Crippen LogP contribution in [-0.2, 0) is 0 Å². The van der Waals surface area contributed by atoms with Crippen molar-refractivity contribution in [3.05, 3.63) is 0 Å². The Kier molecular flexibility index (Phi) is 21.0. The van der Waals surface area contributed by atoms with Gasteiger partial charge in [0.15, 0.2) is 0 Å². The van der Waals surface area contributed by atoms with E-state index in [-0.39, 0.29) is 0 Å². The maximum atomic E-state index is 3.99. The van der Waals surface area contributed by atoms with E-state index in [2.05, 4.69) is 24.5 Å². The summed E-state index contributed by atoms with van der Waals surface area (Å²) in [7, 11) is 0. The van der Waals surface area contributed by atoms with E-state index < -0.39 is 0 Å². The summed E-state index contributed by atoms with van der Waals surface area (Å²) in [5, 5.41) is 7.98. The minimum atomic E-state index is 0.606. The van der Waals surface area contributed by atoms with E-state index in [0.717, 1.165) is 29.6 Å². The Balaban J connectivity index is 1.12. The van der Waals surface area contributed by atoms with Gasteiger partial charge in [-0.3, -0.25) is 0 Å². The van der Waals surface area contributed by atoms with Crippen LogP contribution in [0.25, 0.3) is 0 Å². The highest BCUT2D eigenvalue weighted by Gasteiger charge is 2.40. The molecule has 0 aromatic heterocycles. The third-order valence-electron chi connectivity index (χ3n) is 11.9. The summed E-state index contributed by atoms with van der Waals surface area (Å²) in [5.74, 6) is 4.93. The molecule has 2 aliphatic carbocycles. The van der Waals surface area contributed by atoms with Crippen LogP contribution >= 0.6 is 0 Å². The van der Waals surface area contributed by atoms with E-state index in [1.165, 1.54) is 193 Å². The molecule has 2 N–H and O–H groups in total. The molecular weight excluding hydrogens is 508 g/mol. The fourth-order valence-electron chi connectivity index (χ4n) is 9.09. The molecule has 4 atom stereocenters. The first-order chi connectivity index (χ1) is 20.8. The number of rotatable bonds is 26. The second-order valence-electron chi connectivity index (χ2n) is 15.6. The number of unbranched alkanes of at least 4 members (excludes halogenated alkanes) is 21. The summed E-state index contributed by atoms with van der Waals surface area (Å²) in [6.45, 7) is 7.16. The van der Waals surface area contributed by atoms with Gasteiger partial charge in [0.05, 0.1) is 6.17 Å². The number of hydrogen-bond acceptors (Lipinski definition) is 2. The molecule has 0 radical (unpaired) electrons. The molecule has 0 amide bonds. The molecule has 3 rings (SSSR count). The van der Waals surface area contributed by atoms with Gasteiger partial charge < -0.3 is 10.6 Å². The molecule has 0 spiro atoms. The highest BCUT2D eigenvalue weighted by Crippen LogP contribution is 2.49. The second-order valence-corrected chi connectivity index (χ2v) is 15.6. The highest BCUT2D eigenvalue weighted by atomic mass is 15.2. The smallest absolute Gasteiger partial charge is 0.0601 e. The van der Waals surface area contributed by atoms with Crippen molar-refractivity contribution in [3.8, 4) is 0 Å². The summed E-state index contributed by atoms with van der Waals surface area (Å²) >= 11 is 0. The van der Waals surface area contributed by atoms with E-state index in [4.69, 9.17) is 0 Å². The summed E-state index contributed by atoms with van der Waals surface area (Å²) < 4.78 is 0. The molecular formula is C40H78N2. The van der Waals surface area contributed by atoms with Crippen molar-refractivity contribution in [1.29, 1.82) is 0 Å². The van der Waals surface area contributed by atoms with Crippen LogP contribution in [0.5, 0.6) is 0 Å². The molecule has 2 nitrogen and oxygen atoms in total. The zero-order chi connectivity index (χ0) is 29.5. The lowest BCUT2D eigenvalue weighted by Gasteiger charge is -2.41.